The van der Waals surface area contributed by atoms with E-state index in [1.165, 1.54) is 4.88 Å². The van der Waals surface area contributed by atoms with E-state index in [1.54, 1.807) is 11.3 Å². The molecule has 7 heterocycles. The second kappa shape index (κ2) is 10.6. The van der Waals surface area contributed by atoms with Crippen molar-refractivity contribution in [3.8, 4) is 23.5 Å². The number of nitrogen functional groups attached to an aromatic ring is 1. The van der Waals surface area contributed by atoms with E-state index in [9.17, 15) is 10.4 Å². The van der Waals surface area contributed by atoms with E-state index < -0.39 is 11.0 Å². The average Bonchev–Trinajstić information content (AvgIpc) is 3.83. The van der Waals surface area contributed by atoms with Crippen LogP contribution in [-0.4, -0.2) is 78.8 Å². The van der Waals surface area contributed by atoms with E-state index in [2.05, 4.69) is 36.8 Å². The molecule has 4 aromatic heterocycles. The average molecular weight is 670 g/mol. The van der Waals surface area contributed by atoms with Crippen LogP contribution >= 0.6 is 11.3 Å². The van der Waals surface area contributed by atoms with Crippen molar-refractivity contribution in [3.05, 3.63) is 27.3 Å². The maximum absolute atomic E-state index is 11.3. The Balaban J connectivity index is 1.25. The second-order valence-electron chi connectivity index (χ2n) is 15.2. The standard InChI is InChI=1S/C35H43N9O3S/c1-18(22-9-7-15-42(22)4)44-32-25-31(43-17-34(3,45)14-11-23(43)19(2)46-33(25)40-44)38-30(39-32)27-20-8-5-12-35(28(20)47-41-27)13-6-10-24-26(35)21(16-36)29(37)48-24/h18-19,22-23,45H,5-15,17,37H2,1-4H3. The predicted octanol–water partition coefficient (Wildman–Crippen LogP) is 5.11. The van der Waals surface area contributed by atoms with Crippen LogP contribution in [0.1, 0.15) is 106 Å². The molecular formula is C35H43N9O3S. The maximum atomic E-state index is 11.3. The molecule has 4 aromatic rings. The number of likely N-dealkylation sites (N-methyl/N-ethyl adjacent to an activating group) is 1. The number of piperidine rings is 1. The van der Waals surface area contributed by atoms with Crippen molar-refractivity contribution in [1.82, 2.24) is 29.8 Å². The number of likely N-dealkylation sites (tertiary alicyclic amines) is 1. The third-order valence-electron chi connectivity index (χ3n) is 12.1. The summed E-state index contributed by atoms with van der Waals surface area (Å²) in [6, 6.07) is 2.82. The molecule has 0 bridgehead atoms. The molecule has 0 aromatic carbocycles. The molecule has 12 nitrogen and oxygen atoms in total. The first-order chi connectivity index (χ1) is 23.1. The normalized spacial score (nSPS) is 30.4. The number of anilines is 2. The van der Waals surface area contributed by atoms with Gasteiger partial charge in [0, 0.05) is 23.0 Å². The van der Waals surface area contributed by atoms with Crippen LogP contribution in [0.15, 0.2) is 4.52 Å². The van der Waals surface area contributed by atoms with Gasteiger partial charge < -0.3 is 29.9 Å². The van der Waals surface area contributed by atoms with Crippen molar-refractivity contribution in [2.45, 2.75) is 120 Å². The first-order valence-corrected chi connectivity index (χ1v) is 18.4. The molecule has 13 heteroatoms. The van der Waals surface area contributed by atoms with E-state index in [4.69, 9.17) is 35.2 Å². The summed E-state index contributed by atoms with van der Waals surface area (Å²) in [7, 11) is 2.18. The number of aromatic nitrogens is 5. The number of nitriles is 1. The predicted molar refractivity (Wildman–Crippen MR) is 182 cm³/mol. The molecule has 0 radical (unpaired) electrons. The lowest BCUT2D eigenvalue weighted by Crippen LogP contribution is -2.55. The number of nitrogens with two attached hydrogens (primary N) is 1. The van der Waals surface area contributed by atoms with Crippen LogP contribution in [0, 0.1) is 11.3 Å². The van der Waals surface area contributed by atoms with Gasteiger partial charge in [-0.2, -0.15) is 5.26 Å². The van der Waals surface area contributed by atoms with Gasteiger partial charge in [0.25, 0.3) is 0 Å². The Hall–Kier alpha value is -3.73. The van der Waals surface area contributed by atoms with Gasteiger partial charge in [0.1, 0.15) is 28.4 Å². The van der Waals surface area contributed by atoms with E-state index in [0.29, 0.717) is 47.0 Å². The largest absolute Gasteiger partial charge is 0.471 e. The minimum absolute atomic E-state index is 0.0285. The summed E-state index contributed by atoms with van der Waals surface area (Å²) >= 11 is 1.55. The zero-order chi connectivity index (χ0) is 33.1. The molecule has 3 N–H and O–H groups in total. The lowest BCUT2D eigenvalue weighted by Gasteiger charge is -2.44. The van der Waals surface area contributed by atoms with Gasteiger partial charge in [0.15, 0.2) is 22.9 Å². The molecule has 2 aliphatic carbocycles. The van der Waals surface area contributed by atoms with Gasteiger partial charge in [-0.1, -0.05) is 5.16 Å². The van der Waals surface area contributed by atoms with Crippen LogP contribution in [0.25, 0.3) is 22.6 Å². The Kier molecular flexibility index (Phi) is 6.72. The van der Waals surface area contributed by atoms with E-state index in [0.717, 1.165) is 98.1 Å². The van der Waals surface area contributed by atoms with Crippen molar-refractivity contribution in [1.29, 1.82) is 5.26 Å². The fourth-order valence-electron chi connectivity index (χ4n) is 9.75. The zero-order valence-corrected chi connectivity index (χ0v) is 28.9. The number of rotatable bonds is 3. The van der Waals surface area contributed by atoms with Crippen molar-refractivity contribution in [3.63, 3.8) is 0 Å². The summed E-state index contributed by atoms with van der Waals surface area (Å²) in [6.07, 6.45) is 8.98. The topological polar surface area (TPSA) is 155 Å². The molecule has 0 amide bonds. The van der Waals surface area contributed by atoms with Gasteiger partial charge in [-0.25, -0.2) is 14.6 Å². The van der Waals surface area contributed by atoms with Crippen LogP contribution in [0.4, 0.5) is 10.8 Å². The SMILES string of the molecule is CC1Oc2nn(C(C)C3CCCN3C)c3nc(-c4noc5c4CCCC54CCCc5sc(N)c(C#N)c54)nc(c23)N2CC(C)(O)CCC12. The quantitative estimate of drug-likeness (QED) is 0.299. The van der Waals surface area contributed by atoms with Crippen LogP contribution in [0.2, 0.25) is 0 Å². The van der Waals surface area contributed by atoms with Crippen molar-refractivity contribution in [2.75, 3.05) is 30.8 Å². The van der Waals surface area contributed by atoms with Crippen molar-refractivity contribution in [2.24, 2.45) is 0 Å². The molecule has 1 spiro atoms. The molecule has 0 saturated carbocycles. The van der Waals surface area contributed by atoms with E-state index in [-0.39, 0.29) is 18.2 Å². The molecule has 6 atom stereocenters. The number of hydrogen-bond acceptors (Lipinski definition) is 12. The Bertz CT molecular complexity index is 1990. The Morgan fingerprint density at radius 3 is 2.73 bits per heavy atom. The highest BCUT2D eigenvalue weighted by molar-refractivity contribution is 7.16. The summed E-state index contributed by atoms with van der Waals surface area (Å²) < 4.78 is 15.0. The molecule has 2 saturated heterocycles. The van der Waals surface area contributed by atoms with E-state index in [1.807, 2.05) is 11.6 Å². The van der Waals surface area contributed by atoms with Crippen LogP contribution < -0.4 is 15.4 Å². The first kappa shape index (κ1) is 30.3. The number of aliphatic hydroxyl groups is 1. The van der Waals surface area contributed by atoms with Crippen molar-refractivity contribution >= 4 is 33.2 Å². The summed E-state index contributed by atoms with van der Waals surface area (Å²) in [4.78, 5) is 16.4. The number of thiophene rings is 1. The summed E-state index contributed by atoms with van der Waals surface area (Å²) in [5.74, 6) is 2.62. The Morgan fingerprint density at radius 2 is 1.96 bits per heavy atom. The maximum Gasteiger partial charge on any atom is 0.246 e. The number of nitrogens with zero attached hydrogens (tertiary/aromatic N) is 8. The molecule has 9 rings (SSSR count). The Morgan fingerprint density at radius 1 is 1.15 bits per heavy atom. The lowest BCUT2D eigenvalue weighted by molar-refractivity contribution is 0.0240. The van der Waals surface area contributed by atoms with Gasteiger partial charge in [-0.05, 0) is 104 Å². The highest BCUT2D eigenvalue weighted by Gasteiger charge is 2.49. The van der Waals surface area contributed by atoms with Gasteiger partial charge in [0.2, 0.25) is 5.88 Å². The highest BCUT2D eigenvalue weighted by atomic mass is 32.1. The van der Waals surface area contributed by atoms with Gasteiger partial charge in [0.05, 0.1) is 28.7 Å². The highest BCUT2D eigenvalue weighted by Crippen LogP contribution is 2.55. The molecular weight excluding hydrogens is 627 g/mol. The zero-order valence-electron chi connectivity index (χ0n) is 28.1. The minimum Gasteiger partial charge on any atom is -0.471 e. The summed E-state index contributed by atoms with van der Waals surface area (Å²) in [5, 5.41) is 32.8. The molecule has 3 aliphatic heterocycles. The van der Waals surface area contributed by atoms with E-state index >= 15 is 0 Å². The number of fused-ring (bicyclic) bond motifs is 6. The fourth-order valence-corrected chi connectivity index (χ4v) is 10.9. The first-order valence-electron chi connectivity index (χ1n) is 17.6. The van der Waals surface area contributed by atoms with Crippen LogP contribution in [-0.2, 0) is 18.3 Å². The minimum atomic E-state index is -0.868. The van der Waals surface area contributed by atoms with Gasteiger partial charge in [-0.15, -0.1) is 16.4 Å². The second-order valence-corrected chi connectivity index (χ2v) is 16.3. The van der Waals surface area contributed by atoms with Crippen molar-refractivity contribution < 1.29 is 14.4 Å². The summed E-state index contributed by atoms with van der Waals surface area (Å²) in [6.45, 7) is 7.70. The smallest absolute Gasteiger partial charge is 0.246 e. The van der Waals surface area contributed by atoms with Gasteiger partial charge >= 0.3 is 0 Å². The molecule has 5 aliphatic rings. The third-order valence-corrected chi connectivity index (χ3v) is 13.2. The van der Waals surface area contributed by atoms with Gasteiger partial charge in [-0.3, -0.25) is 0 Å². The molecule has 252 valence electrons. The van der Waals surface area contributed by atoms with Crippen LogP contribution in [0.5, 0.6) is 5.88 Å². The molecule has 6 unspecified atom stereocenters. The number of hydrogen-bond donors (Lipinski definition) is 2. The lowest BCUT2D eigenvalue weighted by atomic mass is 9.63. The Labute approximate surface area is 283 Å². The fraction of sp³-hybridized carbons (Fsp3) is 0.629. The number of aryl methyl sites for hydroxylation is 1. The molecule has 48 heavy (non-hydrogen) atoms. The molecule has 2 fully saturated rings. The summed E-state index contributed by atoms with van der Waals surface area (Å²) in [5.41, 5.74) is 9.13. The van der Waals surface area contributed by atoms with Crippen LogP contribution in [0.3, 0.4) is 0 Å². The number of ether oxygens (including phenoxy) is 1. The monoisotopic (exact) mass is 669 g/mol. The third kappa shape index (κ3) is 4.24.